The van der Waals surface area contributed by atoms with Crippen LogP contribution in [-0.2, 0) is 12.8 Å². The van der Waals surface area contributed by atoms with Crippen LogP contribution in [-0.4, -0.2) is 5.78 Å². The van der Waals surface area contributed by atoms with Crippen molar-refractivity contribution in [1.29, 1.82) is 0 Å². The van der Waals surface area contributed by atoms with Crippen LogP contribution in [0.5, 0.6) is 0 Å². The number of carbonyl (C=O) groups excluding carboxylic acids is 1. The first kappa shape index (κ1) is 12.6. The van der Waals surface area contributed by atoms with Crippen molar-refractivity contribution in [2.45, 2.75) is 26.2 Å². The van der Waals surface area contributed by atoms with Gasteiger partial charge in [0, 0.05) is 12.0 Å². The normalized spacial score (nSPS) is 10.3. The first-order valence-electron chi connectivity index (χ1n) is 6.45. The molecule has 0 aliphatic rings. The van der Waals surface area contributed by atoms with Crippen LogP contribution in [0.25, 0.3) is 0 Å². The highest BCUT2D eigenvalue weighted by molar-refractivity contribution is 5.97. The van der Waals surface area contributed by atoms with E-state index in [9.17, 15) is 4.79 Å². The Hall–Kier alpha value is -1.89. The molecule has 0 radical (unpaired) electrons. The summed E-state index contributed by atoms with van der Waals surface area (Å²) < 4.78 is 0. The largest absolute Gasteiger partial charge is 0.294 e. The van der Waals surface area contributed by atoms with E-state index in [2.05, 4.69) is 13.0 Å². The van der Waals surface area contributed by atoms with Crippen molar-refractivity contribution in [3.8, 4) is 0 Å². The third-order valence-electron chi connectivity index (χ3n) is 3.00. The molecule has 2 aromatic rings. The van der Waals surface area contributed by atoms with Crippen LogP contribution < -0.4 is 0 Å². The van der Waals surface area contributed by atoms with Gasteiger partial charge in [-0.15, -0.1) is 0 Å². The lowest BCUT2D eigenvalue weighted by Gasteiger charge is -2.04. The van der Waals surface area contributed by atoms with Crippen LogP contribution in [0.4, 0.5) is 0 Å². The first-order chi connectivity index (χ1) is 8.79. The van der Waals surface area contributed by atoms with Gasteiger partial charge in [-0.3, -0.25) is 4.79 Å². The number of benzene rings is 2. The Morgan fingerprint density at radius 3 is 2.39 bits per heavy atom. The van der Waals surface area contributed by atoms with Crippen molar-refractivity contribution in [1.82, 2.24) is 0 Å². The topological polar surface area (TPSA) is 17.1 Å². The summed E-state index contributed by atoms with van der Waals surface area (Å²) in [4.78, 5) is 12.2. The lowest BCUT2D eigenvalue weighted by molar-refractivity contribution is 0.0993. The molecule has 92 valence electrons. The Balaban J connectivity index is 2.11. The smallest absolute Gasteiger partial charge is 0.167 e. The van der Waals surface area contributed by atoms with E-state index >= 15 is 0 Å². The highest BCUT2D eigenvalue weighted by Gasteiger charge is 2.07. The summed E-state index contributed by atoms with van der Waals surface area (Å²) in [6.45, 7) is 2.15. The number of hydrogen-bond donors (Lipinski definition) is 0. The average Bonchev–Trinajstić information content (AvgIpc) is 2.40. The molecule has 0 heterocycles. The Morgan fingerprint density at radius 1 is 0.944 bits per heavy atom. The van der Waals surface area contributed by atoms with E-state index in [1.54, 1.807) is 0 Å². The summed E-state index contributed by atoms with van der Waals surface area (Å²) in [6, 6.07) is 17.9. The molecule has 0 aromatic heterocycles. The van der Waals surface area contributed by atoms with Gasteiger partial charge in [-0.25, -0.2) is 0 Å². The van der Waals surface area contributed by atoms with Gasteiger partial charge in [0.05, 0.1) is 0 Å². The van der Waals surface area contributed by atoms with Crippen molar-refractivity contribution in [3.05, 3.63) is 71.3 Å². The summed E-state index contributed by atoms with van der Waals surface area (Å²) >= 11 is 0. The van der Waals surface area contributed by atoms with Gasteiger partial charge in [-0.05, 0) is 23.6 Å². The van der Waals surface area contributed by atoms with Gasteiger partial charge in [-0.1, -0.05) is 61.9 Å². The maximum Gasteiger partial charge on any atom is 0.167 e. The zero-order valence-corrected chi connectivity index (χ0v) is 10.7. The van der Waals surface area contributed by atoms with Crippen LogP contribution in [0.3, 0.4) is 0 Å². The molecule has 0 saturated heterocycles. The molecular weight excluding hydrogens is 220 g/mol. The molecule has 0 fully saturated rings. The molecule has 0 bridgehead atoms. The van der Waals surface area contributed by atoms with E-state index in [1.807, 2.05) is 48.5 Å². The van der Waals surface area contributed by atoms with E-state index in [0.717, 1.165) is 24.0 Å². The van der Waals surface area contributed by atoms with Gasteiger partial charge in [-0.2, -0.15) is 0 Å². The van der Waals surface area contributed by atoms with Gasteiger partial charge in [0.1, 0.15) is 0 Å². The Morgan fingerprint density at radius 2 is 1.67 bits per heavy atom. The molecule has 1 heteroatoms. The van der Waals surface area contributed by atoms with Gasteiger partial charge >= 0.3 is 0 Å². The quantitative estimate of drug-likeness (QED) is 0.718. The molecule has 18 heavy (non-hydrogen) atoms. The number of hydrogen-bond acceptors (Lipinski definition) is 1. The molecule has 0 aliphatic carbocycles. The van der Waals surface area contributed by atoms with Gasteiger partial charge in [0.2, 0.25) is 0 Å². The number of ketones is 1. The molecule has 0 spiro atoms. The SMILES string of the molecule is CCCc1cccc(C(=O)Cc2ccccc2)c1. The molecule has 0 amide bonds. The third kappa shape index (κ3) is 3.30. The first-order valence-corrected chi connectivity index (χ1v) is 6.45. The Kier molecular flexibility index (Phi) is 4.30. The van der Waals surface area contributed by atoms with E-state index in [4.69, 9.17) is 0 Å². The number of carbonyl (C=O) groups is 1. The average molecular weight is 238 g/mol. The maximum atomic E-state index is 12.2. The summed E-state index contributed by atoms with van der Waals surface area (Å²) in [5, 5.41) is 0. The van der Waals surface area contributed by atoms with E-state index in [0.29, 0.717) is 6.42 Å². The summed E-state index contributed by atoms with van der Waals surface area (Å²) in [5.41, 5.74) is 3.14. The monoisotopic (exact) mass is 238 g/mol. The fraction of sp³-hybridized carbons (Fsp3) is 0.235. The van der Waals surface area contributed by atoms with E-state index in [1.165, 1.54) is 5.56 Å². The van der Waals surface area contributed by atoms with Crippen molar-refractivity contribution in [2.24, 2.45) is 0 Å². The summed E-state index contributed by atoms with van der Waals surface area (Å²) in [6.07, 6.45) is 2.62. The van der Waals surface area contributed by atoms with Gasteiger partial charge < -0.3 is 0 Å². The van der Waals surface area contributed by atoms with E-state index < -0.39 is 0 Å². The van der Waals surface area contributed by atoms with Crippen molar-refractivity contribution in [3.63, 3.8) is 0 Å². The summed E-state index contributed by atoms with van der Waals surface area (Å²) in [5.74, 6) is 0.194. The van der Waals surface area contributed by atoms with Gasteiger partial charge in [0.25, 0.3) is 0 Å². The predicted octanol–water partition coefficient (Wildman–Crippen LogP) is 4.06. The highest BCUT2D eigenvalue weighted by atomic mass is 16.1. The second-order valence-corrected chi connectivity index (χ2v) is 4.54. The van der Waals surface area contributed by atoms with Crippen LogP contribution in [0.2, 0.25) is 0 Å². The zero-order valence-electron chi connectivity index (χ0n) is 10.7. The lowest BCUT2D eigenvalue weighted by Crippen LogP contribution is -2.04. The van der Waals surface area contributed by atoms with Crippen molar-refractivity contribution < 1.29 is 4.79 Å². The Labute approximate surface area is 108 Å². The van der Waals surface area contributed by atoms with Crippen LogP contribution >= 0.6 is 0 Å². The second-order valence-electron chi connectivity index (χ2n) is 4.54. The minimum absolute atomic E-state index is 0.194. The molecule has 0 unspecified atom stereocenters. The Bertz CT molecular complexity index is 514. The van der Waals surface area contributed by atoms with Crippen molar-refractivity contribution >= 4 is 5.78 Å². The summed E-state index contributed by atoms with van der Waals surface area (Å²) in [7, 11) is 0. The third-order valence-corrected chi connectivity index (χ3v) is 3.00. The van der Waals surface area contributed by atoms with Gasteiger partial charge in [0.15, 0.2) is 5.78 Å². The standard InChI is InChI=1S/C17H18O/c1-2-7-14-10-6-11-16(12-14)17(18)13-15-8-4-3-5-9-15/h3-6,8-12H,2,7,13H2,1H3. The molecule has 2 aromatic carbocycles. The van der Waals surface area contributed by atoms with Crippen LogP contribution in [0.1, 0.15) is 34.8 Å². The lowest BCUT2D eigenvalue weighted by atomic mass is 10.00. The zero-order chi connectivity index (χ0) is 12.8. The molecule has 0 atom stereocenters. The van der Waals surface area contributed by atoms with E-state index in [-0.39, 0.29) is 5.78 Å². The molecule has 1 nitrogen and oxygen atoms in total. The molecule has 0 aliphatic heterocycles. The van der Waals surface area contributed by atoms with Crippen LogP contribution in [0.15, 0.2) is 54.6 Å². The number of Topliss-reactive ketones (excluding diaryl/α,β-unsaturated/α-hetero) is 1. The number of rotatable bonds is 5. The molecule has 0 saturated carbocycles. The predicted molar refractivity (Wildman–Crippen MR) is 74.9 cm³/mol. The van der Waals surface area contributed by atoms with Crippen molar-refractivity contribution in [2.75, 3.05) is 0 Å². The fourth-order valence-corrected chi connectivity index (χ4v) is 2.07. The molecule has 2 rings (SSSR count). The second kappa shape index (κ2) is 6.15. The fourth-order valence-electron chi connectivity index (χ4n) is 2.07. The molecular formula is C17H18O. The van der Waals surface area contributed by atoms with Crippen LogP contribution in [0, 0.1) is 0 Å². The minimum atomic E-state index is 0.194. The maximum absolute atomic E-state index is 12.2. The number of aryl methyl sites for hydroxylation is 1. The minimum Gasteiger partial charge on any atom is -0.294 e. The molecule has 0 N–H and O–H groups in total. The highest BCUT2D eigenvalue weighted by Crippen LogP contribution is 2.11.